The van der Waals surface area contributed by atoms with Crippen LogP contribution in [0.3, 0.4) is 0 Å². The van der Waals surface area contributed by atoms with Crippen LogP contribution in [-0.4, -0.2) is 17.9 Å². The molecule has 0 aliphatic rings. The maximum atomic E-state index is 13.7. The van der Waals surface area contributed by atoms with Crippen LogP contribution >= 0.6 is 15.9 Å². The molecule has 0 spiro atoms. The van der Waals surface area contributed by atoms with E-state index in [9.17, 15) is 9.18 Å². The zero-order valence-corrected chi connectivity index (χ0v) is 12.2. The zero-order valence-electron chi connectivity index (χ0n) is 10.6. The van der Waals surface area contributed by atoms with Crippen molar-refractivity contribution in [3.05, 3.63) is 57.7 Å². The molecule has 0 aliphatic heterocycles. The highest BCUT2D eigenvalue weighted by Crippen LogP contribution is 2.17. The Morgan fingerprint density at radius 2 is 2.11 bits per heavy atom. The van der Waals surface area contributed by atoms with Gasteiger partial charge in [-0.05, 0) is 52.7 Å². The second-order valence-electron chi connectivity index (χ2n) is 4.35. The van der Waals surface area contributed by atoms with Crippen LogP contribution in [0, 0.1) is 12.7 Å². The number of hydrogen-bond donors (Lipinski definition) is 0. The summed E-state index contributed by atoms with van der Waals surface area (Å²) in [6.07, 6.45) is 0. The molecule has 0 bridgehead atoms. The normalized spacial score (nSPS) is 10.5. The van der Waals surface area contributed by atoms with Gasteiger partial charge < -0.3 is 9.32 Å². The second kappa shape index (κ2) is 5.57. The number of amides is 1. The predicted octanol–water partition coefficient (Wildman–Crippen LogP) is 3.76. The van der Waals surface area contributed by atoms with E-state index in [0.717, 1.165) is 5.56 Å². The van der Waals surface area contributed by atoms with Crippen LogP contribution in [0.5, 0.6) is 0 Å². The van der Waals surface area contributed by atoms with E-state index in [2.05, 4.69) is 15.9 Å². The van der Waals surface area contributed by atoms with Crippen LogP contribution < -0.4 is 0 Å². The van der Waals surface area contributed by atoms with Crippen molar-refractivity contribution in [1.29, 1.82) is 0 Å². The molecule has 0 atom stereocenters. The van der Waals surface area contributed by atoms with Gasteiger partial charge >= 0.3 is 0 Å². The van der Waals surface area contributed by atoms with E-state index < -0.39 is 5.82 Å². The van der Waals surface area contributed by atoms with E-state index in [0.29, 0.717) is 10.4 Å². The van der Waals surface area contributed by atoms with Crippen molar-refractivity contribution in [3.8, 4) is 0 Å². The fraction of sp³-hybridized carbons (Fsp3) is 0.214. The number of rotatable bonds is 3. The summed E-state index contributed by atoms with van der Waals surface area (Å²) in [5.74, 6) is -0.238. The van der Waals surface area contributed by atoms with Gasteiger partial charge in [0.2, 0.25) is 0 Å². The zero-order chi connectivity index (χ0) is 14.0. The topological polar surface area (TPSA) is 33.5 Å². The number of aryl methyl sites for hydroxylation is 1. The van der Waals surface area contributed by atoms with Crippen molar-refractivity contribution in [2.24, 2.45) is 0 Å². The molecular weight excluding hydrogens is 313 g/mol. The molecule has 2 rings (SSSR count). The fourth-order valence-corrected chi connectivity index (χ4v) is 2.08. The van der Waals surface area contributed by atoms with Crippen LogP contribution in [0.2, 0.25) is 0 Å². The van der Waals surface area contributed by atoms with Gasteiger partial charge in [0.1, 0.15) is 11.6 Å². The van der Waals surface area contributed by atoms with Crippen LogP contribution in [0.1, 0.15) is 21.7 Å². The third kappa shape index (κ3) is 3.23. The molecule has 0 aliphatic carbocycles. The third-order valence-electron chi connectivity index (χ3n) is 2.72. The van der Waals surface area contributed by atoms with E-state index >= 15 is 0 Å². The fourth-order valence-electron chi connectivity index (χ4n) is 1.74. The summed E-state index contributed by atoms with van der Waals surface area (Å²) in [5, 5.41) is 0. The van der Waals surface area contributed by atoms with Gasteiger partial charge in [0, 0.05) is 7.05 Å². The van der Waals surface area contributed by atoms with Crippen LogP contribution in [0.25, 0.3) is 0 Å². The summed E-state index contributed by atoms with van der Waals surface area (Å²) in [6.45, 7) is 2.07. The smallest absolute Gasteiger partial charge is 0.256 e. The molecule has 0 unspecified atom stereocenters. The van der Waals surface area contributed by atoms with Crippen molar-refractivity contribution in [3.63, 3.8) is 0 Å². The molecule has 5 heteroatoms. The molecule has 1 amide bonds. The van der Waals surface area contributed by atoms with Gasteiger partial charge in [-0.2, -0.15) is 0 Å². The number of carbonyl (C=O) groups is 1. The van der Waals surface area contributed by atoms with Crippen molar-refractivity contribution >= 4 is 21.8 Å². The SMILES string of the molecule is Cc1ccc(C(=O)N(C)Cc2ccc(Br)o2)c(F)c1. The molecule has 100 valence electrons. The number of nitrogens with zero attached hydrogens (tertiary/aromatic N) is 1. The van der Waals surface area contributed by atoms with E-state index in [1.54, 1.807) is 32.2 Å². The Morgan fingerprint density at radius 1 is 1.37 bits per heavy atom. The molecular formula is C14H13BrFNO2. The summed E-state index contributed by atoms with van der Waals surface area (Å²) in [6, 6.07) is 8.08. The summed E-state index contributed by atoms with van der Waals surface area (Å²) in [4.78, 5) is 13.5. The van der Waals surface area contributed by atoms with Crippen molar-refractivity contribution in [2.45, 2.75) is 13.5 Å². The van der Waals surface area contributed by atoms with Crippen LogP contribution in [0.4, 0.5) is 4.39 Å². The Balaban J connectivity index is 2.14. The van der Waals surface area contributed by atoms with Gasteiger partial charge in [0.15, 0.2) is 4.67 Å². The summed E-state index contributed by atoms with van der Waals surface area (Å²) < 4.78 is 19.6. The van der Waals surface area contributed by atoms with Gasteiger partial charge in [-0.3, -0.25) is 4.79 Å². The van der Waals surface area contributed by atoms with Crippen molar-refractivity contribution in [1.82, 2.24) is 4.90 Å². The standard InChI is InChI=1S/C14H13BrFNO2/c1-9-3-5-11(12(16)7-9)14(18)17(2)8-10-4-6-13(15)19-10/h3-7H,8H2,1-2H3. The highest BCUT2D eigenvalue weighted by molar-refractivity contribution is 9.10. The molecule has 2 aromatic rings. The van der Waals surface area contributed by atoms with E-state index in [1.807, 2.05) is 0 Å². The number of furan rings is 1. The lowest BCUT2D eigenvalue weighted by Crippen LogP contribution is -2.26. The van der Waals surface area contributed by atoms with Gasteiger partial charge in [-0.15, -0.1) is 0 Å². The maximum Gasteiger partial charge on any atom is 0.256 e. The van der Waals surface area contributed by atoms with Crippen LogP contribution in [-0.2, 0) is 6.54 Å². The number of carbonyl (C=O) groups excluding carboxylic acids is 1. The monoisotopic (exact) mass is 325 g/mol. The first-order valence-corrected chi connectivity index (χ1v) is 6.52. The first-order chi connectivity index (χ1) is 8.97. The highest BCUT2D eigenvalue weighted by atomic mass is 79.9. The molecule has 0 radical (unpaired) electrons. The lowest BCUT2D eigenvalue weighted by molar-refractivity contribution is 0.0770. The Morgan fingerprint density at radius 3 is 2.68 bits per heavy atom. The lowest BCUT2D eigenvalue weighted by atomic mass is 10.1. The number of halogens is 2. The molecule has 1 heterocycles. The minimum Gasteiger partial charge on any atom is -0.452 e. The number of benzene rings is 1. The Labute approximate surface area is 119 Å². The Kier molecular flexibility index (Phi) is 4.04. The third-order valence-corrected chi connectivity index (χ3v) is 3.15. The Bertz CT molecular complexity index is 609. The van der Waals surface area contributed by atoms with E-state index in [1.165, 1.54) is 17.0 Å². The minimum absolute atomic E-state index is 0.0683. The Hall–Kier alpha value is -1.62. The molecule has 3 nitrogen and oxygen atoms in total. The average molecular weight is 326 g/mol. The molecule has 0 fully saturated rings. The molecule has 0 saturated heterocycles. The minimum atomic E-state index is -0.502. The molecule has 1 aromatic carbocycles. The predicted molar refractivity (Wildman–Crippen MR) is 73.3 cm³/mol. The van der Waals surface area contributed by atoms with E-state index in [-0.39, 0.29) is 18.0 Å². The summed E-state index contributed by atoms with van der Waals surface area (Å²) >= 11 is 3.19. The van der Waals surface area contributed by atoms with Gasteiger partial charge in [0.05, 0.1) is 12.1 Å². The molecule has 1 aromatic heterocycles. The quantitative estimate of drug-likeness (QED) is 0.860. The average Bonchev–Trinajstić information content (AvgIpc) is 2.74. The highest BCUT2D eigenvalue weighted by Gasteiger charge is 2.17. The van der Waals surface area contributed by atoms with Gasteiger partial charge in [-0.1, -0.05) is 6.07 Å². The van der Waals surface area contributed by atoms with E-state index in [4.69, 9.17) is 4.42 Å². The van der Waals surface area contributed by atoms with Gasteiger partial charge in [0.25, 0.3) is 5.91 Å². The molecule has 19 heavy (non-hydrogen) atoms. The number of hydrogen-bond acceptors (Lipinski definition) is 2. The first-order valence-electron chi connectivity index (χ1n) is 5.73. The van der Waals surface area contributed by atoms with Gasteiger partial charge in [-0.25, -0.2) is 4.39 Å². The summed E-state index contributed by atoms with van der Waals surface area (Å²) in [5.41, 5.74) is 0.852. The van der Waals surface area contributed by atoms with Crippen molar-refractivity contribution in [2.75, 3.05) is 7.05 Å². The first kappa shape index (κ1) is 13.8. The molecule has 0 N–H and O–H groups in total. The lowest BCUT2D eigenvalue weighted by Gasteiger charge is -2.16. The second-order valence-corrected chi connectivity index (χ2v) is 5.13. The summed E-state index contributed by atoms with van der Waals surface area (Å²) in [7, 11) is 1.61. The molecule has 0 saturated carbocycles. The maximum absolute atomic E-state index is 13.7. The largest absolute Gasteiger partial charge is 0.452 e. The van der Waals surface area contributed by atoms with Crippen LogP contribution in [0.15, 0.2) is 39.4 Å². The van der Waals surface area contributed by atoms with Crippen molar-refractivity contribution < 1.29 is 13.6 Å².